The summed E-state index contributed by atoms with van der Waals surface area (Å²) in [7, 11) is 0. The van der Waals surface area contributed by atoms with Crippen LogP contribution in [0.3, 0.4) is 0 Å². The van der Waals surface area contributed by atoms with Crippen LogP contribution in [0.5, 0.6) is 5.75 Å². The number of carbonyl (C=O) groups is 1. The van der Waals surface area contributed by atoms with Crippen molar-refractivity contribution in [1.29, 1.82) is 0 Å². The summed E-state index contributed by atoms with van der Waals surface area (Å²) in [6.45, 7) is 0.462. The molecule has 0 amide bonds. The molecular weight excluding hydrogens is 376 g/mol. The first-order valence-electron chi connectivity index (χ1n) is 9.51. The summed E-state index contributed by atoms with van der Waals surface area (Å²) in [5.41, 5.74) is 5.84. The van der Waals surface area contributed by atoms with Gasteiger partial charge < -0.3 is 9.84 Å². The molecule has 0 fully saturated rings. The highest BCUT2D eigenvalue weighted by Gasteiger charge is 2.08. The number of anilines is 1. The molecule has 0 saturated heterocycles. The van der Waals surface area contributed by atoms with Crippen molar-refractivity contribution in [3.63, 3.8) is 0 Å². The Morgan fingerprint density at radius 2 is 1.63 bits per heavy atom. The molecule has 0 aromatic heterocycles. The smallest absolute Gasteiger partial charge is 0.335 e. The lowest BCUT2D eigenvalue weighted by molar-refractivity contribution is 0.0697. The van der Waals surface area contributed by atoms with Gasteiger partial charge in [0.05, 0.1) is 17.5 Å². The van der Waals surface area contributed by atoms with Gasteiger partial charge in [-0.3, -0.25) is 5.43 Å². The third kappa shape index (κ3) is 4.47. The minimum absolute atomic E-state index is 0.232. The molecule has 0 aliphatic rings. The van der Waals surface area contributed by atoms with Crippen LogP contribution >= 0.6 is 0 Å². The molecule has 148 valence electrons. The van der Waals surface area contributed by atoms with Gasteiger partial charge in [-0.1, -0.05) is 60.7 Å². The first-order chi connectivity index (χ1) is 14.7. The Morgan fingerprint density at radius 1 is 0.900 bits per heavy atom. The van der Waals surface area contributed by atoms with Crippen LogP contribution < -0.4 is 10.2 Å². The summed E-state index contributed by atoms with van der Waals surface area (Å²) in [4.78, 5) is 11.0. The average Bonchev–Trinajstić information content (AvgIpc) is 2.79. The summed E-state index contributed by atoms with van der Waals surface area (Å²) in [5.74, 6) is -0.217. The van der Waals surface area contributed by atoms with Crippen molar-refractivity contribution in [3.8, 4) is 5.75 Å². The van der Waals surface area contributed by atoms with Crippen LogP contribution in [0.2, 0.25) is 0 Å². The number of aromatic carboxylic acids is 1. The summed E-state index contributed by atoms with van der Waals surface area (Å²) in [5, 5.41) is 15.5. The van der Waals surface area contributed by atoms with Crippen molar-refractivity contribution in [2.24, 2.45) is 5.10 Å². The quantitative estimate of drug-likeness (QED) is 0.317. The Kier molecular flexibility index (Phi) is 5.71. The lowest BCUT2D eigenvalue weighted by Crippen LogP contribution is -2.00. The van der Waals surface area contributed by atoms with Crippen molar-refractivity contribution in [1.82, 2.24) is 0 Å². The van der Waals surface area contributed by atoms with E-state index in [9.17, 15) is 4.79 Å². The predicted octanol–water partition coefficient (Wildman–Crippen LogP) is 5.56. The maximum Gasteiger partial charge on any atom is 0.335 e. The van der Waals surface area contributed by atoms with E-state index in [1.54, 1.807) is 18.3 Å². The van der Waals surface area contributed by atoms with Gasteiger partial charge in [-0.2, -0.15) is 5.10 Å². The number of fused-ring (bicyclic) bond motifs is 1. The lowest BCUT2D eigenvalue weighted by atomic mass is 10.0. The molecule has 0 atom stereocenters. The fraction of sp³-hybridized carbons (Fsp3) is 0.0400. The van der Waals surface area contributed by atoms with E-state index in [1.165, 1.54) is 12.1 Å². The van der Waals surface area contributed by atoms with Crippen molar-refractivity contribution in [2.75, 3.05) is 5.43 Å². The number of benzene rings is 4. The van der Waals surface area contributed by atoms with Gasteiger partial charge in [-0.05, 0) is 46.7 Å². The molecule has 5 nitrogen and oxygen atoms in total. The van der Waals surface area contributed by atoms with E-state index in [4.69, 9.17) is 9.84 Å². The summed E-state index contributed by atoms with van der Waals surface area (Å²) in [6, 6.07) is 28.5. The van der Waals surface area contributed by atoms with Crippen LogP contribution in [0.1, 0.15) is 21.5 Å². The fourth-order valence-electron chi connectivity index (χ4n) is 3.13. The number of ether oxygens (including phenoxy) is 1. The molecule has 0 saturated carbocycles. The molecular formula is C25H20N2O3. The molecule has 0 unspecified atom stereocenters. The molecule has 4 aromatic rings. The highest BCUT2D eigenvalue weighted by atomic mass is 16.5. The molecule has 0 aliphatic heterocycles. The van der Waals surface area contributed by atoms with Gasteiger partial charge >= 0.3 is 5.97 Å². The second kappa shape index (κ2) is 8.92. The maximum atomic E-state index is 11.0. The molecule has 30 heavy (non-hydrogen) atoms. The number of carboxylic acid groups (broad SMARTS) is 1. The number of hydrogen-bond acceptors (Lipinski definition) is 4. The summed E-state index contributed by atoms with van der Waals surface area (Å²) < 4.78 is 6.09. The minimum Gasteiger partial charge on any atom is -0.488 e. The number of hydrazone groups is 1. The third-order valence-electron chi connectivity index (χ3n) is 4.69. The van der Waals surface area contributed by atoms with Crippen LogP contribution in [0.4, 0.5) is 5.69 Å². The van der Waals surface area contributed by atoms with Gasteiger partial charge in [0, 0.05) is 5.56 Å². The molecule has 0 heterocycles. The van der Waals surface area contributed by atoms with Gasteiger partial charge in [-0.25, -0.2) is 4.79 Å². The van der Waals surface area contributed by atoms with Crippen molar-refractivity contribution < 1.29 is 14.6 Å². The Balaban J connectivity index is 1.58. The number of rotatable bonds is 7. The highest BCUT2D eigenvalue weighted by Crippen LogP contribution is 2.27. The monoisotopic (exact) mass is 396 g/mol. The largest absolute Gasteiger partial charge is 0.488 e. The Hall–Kier alpha value is -4.12. The van der Waals surface area contributed by atoms with Gasteiger partial charge in [-0.15, -0.1) is 0 Å². The average molecular weight is 396 g/mol. The van der Waals surface area contributed by atoms with E-state index in [1.807, 2.05) is 66.7 Å². The van der Waals surface area contributed by atoms with Crippen molar-refractivity contribution in [2.45, 2.75) is 6.61 Å². The van der Waals surface area contributed by atoms with Crippen molar-refractivity contribution >= 4 is 28.6 Å². The van der Waals surface area contributed by atoms with E-state index < -0.39 is 5.97 Å². The molecule has 4 aromatic carbocycles. The van der Waals surface area contributed by atoms with Gasteiger partial charge in [0.15, 0.2) is 0 Å². The first-order valence-corrected chi connectivity index (χ1v) is 9.51. The van der Waals surface area contributed by atoms with Crippen LogP contribution in [0.25, 0.3) is 10.8 Å². The van der Waals surface area contributed by atoms with Gasteiger partial charge in [0.2, 0.25) is 0 Å². The first kappa shape index (κ1) is 19.2. The number of nitrogens with one attached hydrogen (secondary N) is 1. The Bertz CT molecular complexity index is 1190. The number of nitrogens with zero attached hydrogens (tertiary/aromatic N) is 1. The summed E-state index contributed by atoms with van der Waals surface area (Å²) >= 11 is 0. The molecule has 0 spiro atoms. The zero-order valence-corrected chi connectivity index (χ0v) is 16.2. The summed E-state index contributed by atoms with van der Waals surface area (Å²) in [6.07, 6.45) is 1.73. The normalized spacial score (nSPS) is 10.9. The van der Waals surface area contributed by atoms with Gasteiger partial charge in [0.1, 0.15) is 12.4 Å². The zero-order valence-electron chi connectivity index (χ0n) is 16.2. The van der Waals surface area contributed by atoms with Crippen LogP contribution in [-0.2, 0) is 6.61 Å². The SMILES string of the molecule is O=C(O)c1ccc(N/N=C/c2c(OCc3ccccc3)ccc3ccccc23)cc1. The fourth-order valence-corrected chi connectivity index (χ4v) is 3.13. The van der Waals surface area contributed by atoms with Crippen LogP contribution in [-0.4, -0.2) is 17.3 Å². The molecule has 0 bridgehead atoms. The van der Waals surface area contributed by atoms with E-state index in [2.05, 4.69) is 10.5 Å². The van der Waals surface area contributed by atoms with E-state index in [-0.39, 0.29) is 5.56 Å². The predicted molar refractivity (Wildman–Crippen MR) is 119 cm³/mol. The molecule has 0 aliphatic carbocycles. The second-order valence-electron chi connectivity index (χ2n) is 6.73. The number of carboxylic acids is 1. The third-order valence-corrected chi connectivity index (χ3v) is 4.69. The molecule has 5 heteroatoms. The zero-order chi connectivity index (χ0) is 20.8. The number of hydrogen-bond donors (Lipinski definition) is 2. The Labute approximate surface area is 174 Å². The minimum atomic E-state index is -0.957. The van der Waals surface area contributed by atoms with E-state index in [0.717, 1.165) is 27.6 Å². The Morgan fingerprint density at radius 3 is 2.40 bits per heavy atom. The highest BCUT2D eigenvalue weighted by molar-refractivity contribution is 6.02. The maximum absolute atomic E-state index is 11.0. The molecule has 2 N–H and O–H groups in total. The van der Waals surface area contributed by atoms with Crippen LogP contribution in [0, 0.1) is 0 Å². The van der Waals surface area contributed by atoms with E-state index >= 15 is 0 Å². The van der Waals surface area contributed by atoms with Gasteiger partial charge in [0.25, 0.3) is 0 Å². The topological polar surface area (TPSA) is 70.9 Å². The second-order valence-corrected chi connectivity index (χ2v) is 6.73. The van der Waals surface area contributed by atoms with E-state index in [0.29, 0.717) is 12.3 Å². The van der Waals surface area contributed by atoms with Crippen molar-refractivity contribution in [3.05, 3.63) is 108 Å². The standard InChI is InChI=1S/C25H20N2O3/c28-25(29)20-10-13-21(14-11-20)27-26-16-23-22-9-5-4-8-19(22)12-15-24(23)30-17-18-6-2-1-3-7-18/h1-16,27H,17H2,(H,28,29)/b26-16+. The van der Waals surface area contributed by atoms with Crippen LogP contribution in [0.15, 0.2) is 96.1 Å². The lowest BCUT2D eigenvalue weighted by Gasteiger charge is -2.12. The molecule has 4 rings (SSSR count). The molecule has 0 radical (unpaired) electrons.